The minimum atomic E-state index is -0.431. The van der Waals surface area contributed by atoms with Crippen molar-refractivity contribution in [2.24, 2.45) is 0 Å². The van der Waals surface area contributed by atoms with Gasteiger partial charge >= 0.3 is 5.97 Å². The maximum atomic E-state index is 11.6. The maximum Gasteiger partial charge on any atom is 0.374 e. The lowest BCUT2D eigenvalue weighted by Crippen LogP contribution is -2.46. The molecule has 7 heteroatoms. The van der Waals surface area contributed by atoms with Crippen molar-refractivity contribution in [3.05, 3.63) is 41.6 Å². The third kappa shape index (κ3) is 3.50. The molecule has 0 bridgehead atoms. The predicted octanol–water partition coefficient (Wildman–Crippen LogP) is 1.49. The molecule has 0 atom stereocenters. The Morgan fingerprint density at radius 1 is 1.26 bits per heavy atom. The molecule has 1 aliphatic rings. The first-order chi connectivity index (χ1) is 11.2. The molecule has 3 heterocycles. The van der Waals surface area contributed by atoms with Crippen LogP contribution in [0.15, 0.2) is 28.9 Å². The number of hydrogen-bond donors (Lipinski definition) is 0. The Hall–Kier alpha value is -2.41. The smallest absolute Gasteiger partial charge is 0.374 e. The van der Waals surface area contributed by atoms with Crippen LogP contribution in [-0.4, -0.2) is 54.1 Å². The van der Waals surface area contributed by atoms with Gasteiger partial charge < -0.3 is 14.1 Å². The largest absolute Gasteiger partial charge is 0.463 e. The van der Waals surface area contributed by atoms with E-state index in [0.29, 0.717) is 12.3 Å². The molecular weight excluding hydrogens is 296 g/mol. The minimum Gasteiger partial charge on any atom is -0.463 e. The van der Waals surface area contributed by atoms with Crippen LogP contribution in [-0.2, 0) is 11.3 Å². The number of furan rings is 1. The van der Waals surface area contributed by atoms with Crippen LogP contribution in [0.5, 0.6) is 0 Å². The number of carbonyl (C=O) groups excluding carboxylic acids is 1. The van der Waals surface area contributed by atoms with Gasteiger partial charge in [-0.2, -0.15) is 0 Å². The molecule has 2 aromatic rings. The summed E-state index contributed by atoms with van der Waals surface area (Å²) >= 11 is 0. The number of nitrogens with zero attached hydrogens (tertiary/aromatic N) is 4. The molecule has 0 amide bonds. The number of carbonyl (C=O) groups is 1. The highest BCUT2D eigenvalue weighted by molar-refractivity contribution is 5.87. The highest BCUT2D eigenvalue weighted by Crippen LogP contribution is 2.18. The molecule has 2 aromatic heterocycles. The van der Waals surface area contributed by atoms with E-state index in [-0.39, 0.29) is 0 Å². The molecule has 0 N–H and O–H groups in total. The van der Waals surface area contributed by atoms with E-state index in [2.05, 4.69) is 19.8 Å². The van der Waals surface area contributed by atoms with Gasteiger partial charge in [0, 0.05) is 44.1 Å². The van der Waals surface area contributed by atoms with Gasteiger partial charge in [0.05, 0.1) is 13.7 Å². The van der Waals surface area contributed by atoms with Gasteiger partial charge in [0.2, 0.25) is 11.7 Å². The number of rotatable bonds is 4. The van der Waals surface area contributed by atoms with Gasteiger partial charge in [0.25, 0.3) is 0 Å². The van der Waals surface area contributed by atoms with Crippen molar-refractivity contribution in [2.45, 2.75) is 13.5 Å². The second kappa shape index (κ2) is 6.78. The Balaban J connectivity index is 1.58. The molecule has 0 aliphatic carbocycles. The summed E-state index contributed by atoms with van der Waals surface area (Å²) in [7, 11) is 1.36. The predicted molar refractivity (Wildman–Crippen MR) is 84.3 cm³/mol. The fourth-order valence-corrected chi connectivity index (χ4v) is 2.70. The van der Waals surface area contributed by atoms with Crippen molar-refractivity contribution in [1.82, 2.24) is 14.9 Å². The van der Waals surface area contributed by atoms with Crippen molar-refractivity contribution in [3.63, 3.8) is 0 Å². The summed E-state index contributed by atoms with van der Waals surface area (Å²) in [6, 6.07) is 3.72. The van der Waals surface area contributed by atoms with E-state index in [1.807, 2.05) is 19.1 Å². The third-order valence-corrected chi connectivity index (χ3v) is 3.93. The van der Waals surface area contributed by atoms with Crippen LogP contribution in [0.1, 0.15) is 21.9 Å². The molecule has 7 nitrogen and oxygen atoms in total. The number of ether oxygens (including phenoxy) is 1. The second-order valence-electron chi connectivity index (χ2n) is 5.53. The highest BCUT2D eigenvalue weighted by Gasteiger charge is 2.21. The Labute approximate surface area is 134 Å². The van der Waals surface area contributed by atoms with Crippen LogP contribution < -0.4 is 4.90 Å². The molecule has 0 saturated carbocycles. The van der Waals surface area contributed by atoms with Crippen LogP contribution in [0.25, 0.3) is 0 Å². The molecule has 0 aromatic carbocycles. The molecule has 3 rings (SSSR count). The fraction of sp³-hybridized carbons (Fsp3) is 0.438. The van der Waals surface area contributed by atoms with Gasteiger partial charge in [0.1, 0.15) is 5.76 Å². The summed E-state index contributed by atoms with van der Waals surface area (Å²) in [5, 5.41) is 0. The fourth-order valence-electron chi connectivity index (χ4n) is 2.70. The highest BCUT2D eigenvalue weighted by atomic mass is 16.5. The first-order valence-electron chi connectivity index (χ1n) is 7.59. The molecule has 0 spiro atoms. The quantitative estimate of drug-likeness (QED) is 0.791. The van der Waals surface area contributed by atoms with Crippen molar-refractivity contribution < 1.29 is 13.9 Å². The summed E-state index contributed by atoms with van der Waals surface area (Å²) in [5.74, 6) is 1.42. The lowest BCUT2D eigenvalue weighted by molar-refractivity contribution is 0.0560. The summed E-state index contributed by atoms with van der Waals surface area (Å²) in [4.78, 5) is 24.6. The minimum absolute atomic E-state index is 0.291. The SMILES string of the molecule is COC(=O)c1oc(CN2CCN(c3ncccn3)CC2)cc1C. The van der Waals surface area contributed by atoms with Gasteiger partial charge in [-0.1, -0.05) is 0 Å². The van der Waals surface area contributed by atoms with E-state index < -0.39 is 5.97 Å². The van der Waals surface area contributed by atoms with Gasteiger partial charge in [0.15, 0.2) is 0 Å². The first kappa shape index (κ1) is 15.5. The van der Waals surface area contributed by atoms with Crippen LogP contribution in [0.3, 0.4) is 0 Å². The Morgan fingerprint density at radius 2 is 1.96 bits per heavy atom. The van der Waals surface area contributed by atoms with Crippen LogP contribution >= 0.6 is 0 Å². The lowest BCUT2D eigenvalue weighted by atomic mass is 10.2. The standard InChI is InChI=1S/C16H20N4O3/c1-12-10-13(23-14(12)15(21)22-2)11-19-6-8-20(9-7-19)16-17-4-3-5-18-16/h3-5,10H,6-9,11H2,1-2H3. The Morgan fingerprint density at radius 3 is 2.61 bits per heavy atom. The van der Waals surface area contributed by atoms with Crippen molar-refractivity contribution in [3.8, 4) is 0 Å². The molecule has 1 aliphatic heterocycles. The normalized spacial score (nSPS) is 15.7. The molecule has 1 saturated heterocycles. The zero-order valence-corrected chi connectivity index (χ0v) is 13.4. The molecular formula is C16H20N4O3. The number of aromatic nitrogens is 2. The van der Waals surface area contributed by atoms with Gasteiger partial charge in [-0.25, -0.2) is 14.8 Å². The van der Waals surface area contributed by atoms with Crippen LogP contribution in [0.2, 0.25) is 0 Å². The van der Waals surface area contributed by atoms with Gasteiger partial charge in [-0.3, -0.25) is 4.90 Å². The number of aryl methyl sites for hydroxylation is 1. The summed E-state index contributed by atoms with van der Waals surface area (Å²) in [6.45, 7) is 6.06. The van der Waals surface area contributed by atoms with E-state index in [0.717, 1.165) is 43.5 Å². The molecule has 1 fully saturated rings. The number of esters is 1. The van der Waals surface area contributed by atoms with E-state index in [1.54, 1.807) is 12.4 Å². The summed E-state index contributed by atoms with van der Waals surface area (Å²) in [5.41, 5.74) is 0.808. The van der Waals surface area contributed by atoms with Crippen LogP contribution in [0, 0.1) is 6.92 Å². The van der Waals surface area contributed by atoms with Crippen LogP contribution in [0.4, 0.5) is 5.95 Å². The van der Waals surface area contributed by atoms with E-state index in [1.165, 1.54) is 7.11 Å². The first-order valence-corrected chi connectivity index (χ1v) is 7.59. The van der Waals surface area contributed by atoms with E-state index in [9.17, 15) is 4.79 Å². The Kier molecular flexibility index (Phi) is 4.57. The second-order valence-corrected chi connectivity index (χ2v) is 5.53. The van der Waals surface area contributed by atoms with Gasteiger partial charge in [-0.15, -0.1) is 0 Å². The van der Waals surface area contributed by atoms with Gasteiger partial charge in [-0.05, 0) is 19.1 Å². The van der Waals surface area contributed by atoms with E-state index >= 15 is 0 Å². The topological polar surface area (TPSA) is 71.7 Å². The molecule has 23 heavy (non-hydrogen) atoms. The zero-order valence-electron chi connectivity index (χ0n) is 13.4. The average molecular weight is 316 g/mol. The number of piperazine rings is 1. The molecule has 0 unspecified atom stereocenters. The monoisotopic (exact) mass is 316 g/mol. The van der Waals surface area contributed by atoms with Crippen molar-refractivity contribution in [1.29, 1.82) is 0 Å². The van der Waals surface area contributed by atoms with Crippen molar-refractivity contribution in [2.75, 3.05) is 38.2 Å². The number of methoxy groups -OCH3 is 1. The molecule has 0 radical (unpaired) electrons. The maximum absolute atomic E-state index is 11.6. The molecule has 122 valence electrons. The third-order valence-electron chi connectivity index (χ3n) is 3.93. The lowest BCUT2D eigenvalue weighted by Gasteiger charge is -2.34. The van der Waals surface area contributed by atoms with E-state index in [4.69, 9.17) is 9.15 Å². The zero-order chi connectivity index (χ0) is 16.2. The summed E-state index contributed by atoms with van der Waals surface area (Å²) < 4.78 is 10.3. The number of anilines is 1. The Bertz CT molecular complexity index is 663. The van der Waals surface area contributed by atoms with Crippen molar-refractivity contribution >= 4 is 11.9 Å². The number of hydrogen-bond acceptors (Lipinski definition) is 7. The average Bonchev–Trinajstić information content (AvgIpc) is 2.96. The summed E-state index contributed by atoms with van der Waals surface area (Å²) in [6.07, 6.45) is 3.52.